The first kappa shape index (κ1) is 24.6. The SMILES string of the molecule is COc1cc(OC)cc(C(=O)N[C@@H](C(=O)NCc2ccccc2CN2CCCC2)C(C)C)c1. The van der Waals surface area contributed by atoms with Gasteiger partial charge in [0.1, 0.15) is 17.5 Å². The highest BCUT2D eigenvalue weighted by Gasteiger charge is 2.25. The van der Waals surface area contributed by atoms with Gasteiger partial charge in [-0.3, -0.25) is 14.5 Å². The molecule has 0 spiro atoms. The number of hydrogen-bond donors (Lipinski definition) is 2. The number of rotatable bonds is 10. The maximum Gasteiger partial charge on any atom is 0.252 e. The maximum absolute atomic E-state index is 13.0. The molecule has 0 saturated carbocycles. The number of amides is 2. The molecule has 0 unspecified atom stereocenters. The largest absolute Gasteiger partial charge is 0.497 e. The predicted octanol–water partition coefficient (Wildman–Crippen LogP) is 3.37. The van der Waals surface area contributed by atoms with Crippen molar-refractivity contribution in [2.45, 2.75) is 45.8 Å². The average Bonchev–Trinajstić information content (AvgIpc) is 3.34. The number of likely N-dealkylation sites (tertiary alicyclic amines) is 1. The molecular formula is C26H35N3O4. The van der Waals surface area contributed by atoms with Crippen molar-refractivity contribution in [3.8, 4) is 11.5 Å². The highest BCUT2D eigenvalue weighted by Crippen LogP contribution is 2.23. The Balaban J connectivity index is 1.66. The number of benzene rings is 2. The van der Waals surface area contributed by atoms with E-state index in [9.17, 15) is 9.59 Å². The minimum absolute atomic E-state index is 0.0821. The molecule has 3 rings (SSSR count). The average molecular weight is 454 g/mol. The molecule has 0 aromatic heterocycles. The van der Waals surface area contributed by atoms with E-state index in [1.165, 1.54) is 32.6 Å². The van der Waals surface area contributed by atoms with E-state index in [2.05, 4.69) is 27.7 Å². The second-order valence-corrected chi connectivity index (χ2v) is 8.77. The van der Waals surface area contributed by atoms with Crippen molar-refractivity contribution in [2.75, 3.05) is 27.3 Å². The molecule has 2 amide bonds. The molecule has 0 bridgehead atoms. The second-order valence-electron chi connectivity index (χ2n) is 8.77. The van der Waals surface area contributed by atoms with E-state index in [1.807, 2.05) is 26.0 Å². The van der Waals surface area contributed by atoms with E-state index >= 15 is 0 Å². The highest BCUT2D eigenvalue weighted by molar-refractivity contribution is 5.98. The van der Waals surface area contributed by atoms with E-state index in [4.69, 9.17) is 9.47 Å². The summed E-state index contributed by atoms with van der Waals surface area (Å²) < 4.78 is 10.5. The lowest BCUT2D eigenvalue weighted by atomic mass is 10.0. The third kappa shape index (κ3) is 6.71. The fourth-order valence-corrected chi connectivity index (χ4v) is 4.06. The molecule has 7 heteroatoms. The van der Waals surface area contributed by atoms with E-state index in [1.54, 1.807) is 18.2 Å². The van der Waals surface area contributed by atoms with Crippen molar-refractivity contribution < 1.29 is 19.1 Å². The van der Waals surface area contributed by atoms with Gasteiger partial charge in [-0.2, -0.15) is 0 Å². The summed E-state index contributed by atoms with van der Waals surface area (Å²) in [7, 11) is 3.06. The zero-order valence-corrected chi connectivity index (χ0v) is 20.0. The number of hydrogen-bond acceptors (Lipinski definition) is 5. The lowest BCUT2D eigenvalue weighted by molar-refractivity contribution is -0.124. The van der Waals surface area contributed by atoms with Gasteiger partial charge in [0, 0.05) is 24.7 Å². The van der Waals surface area contributed by atoms with Crippen LogP contribution >= 0.6 is 0 Å². The molecule has 1 aliphatic rings. The fraction of sp³-hybridized carbons (Fsp3) is 0.462. The first-order valence-corrected chi connectivity index (χ1v) is 11.5. The van der Waals surface area contributed by atoms with Gasteiger partial charge in [-0.25, -0.2) is 0 Å². The van der Waals surface area contributed by atoms with Crippen molar-refractivity contribution in [2.24, 2.45) is 5.92 Å². The zero-order valence-electron chi connectivity index (χ0n) is 20.0. The van der Waals surface area contributed by atoms with E-state index in [-0.39, 0.29) is 17.7 Å². The first-order chi connectivity index (χ1) is 15.9. The Morgan fingerprint density at radius 1 is 0.970 bits per heavy atom. The third-order valence-electron chi connectivity index (χ3n) is 6.01. The van der Waals surface area contributed by atoms with Gasteiger partial charge in [-0.05, 0) is 55.1 Å². The summed E-state index contributed by atoms with van der Waals surface area (Å²) in [5, 5.41) is 5.90. The smallest absolute Gasteiger partial charge is 0.252 e. The summed E-state index contributed by atoms with van der Waals surface area (Å²) in [5.74, 6) is 0.389. The molecule has 1 heterocycles. The van der Waals surface area contributed by atoms with Crippen molar-refractivity contribution in [3.05, 3.63) is 59.2 Å². The van der Waals surface area contributed by atoms with Crippen LogP contribution in [0.4, 0.5) is 0 Å². The van der Waals surface area contributed by atoms with Crippen LogP contribution in [0.5, 0.6) is 11.5 Å². The zero-order chi connectivity index (χ0) is 23.8. The van der Waals surface area contributed by atoms with Gasteiger partial charge in [0.15, 0.2) is 0 Å². The monoisotopic (exact) mass is 453 g/mol. The number of nitrogens with one attached hydrogen (secondary N) is 2. The van der Waals surface area contributed by atoms with Gasteiger partial charge < -0.3 is 20.1 Å². The van der Waals surface area contributed by atoms with Crippen LogP contribution in [-0.2, 0) is 17.9 Å². The molecule has 178 valence electrons. The number of carbonyl (C=O) groups excluding carboxylic acids is 2. The van der Waals surface area contributed by atoms with Crippen LogP contribution in [0.25, 0.3) is 0 Å². The quantitative estimate of drug-likeness (QED) is 0.577. The lowest BCUT2D eigenvalue weighted by Gasteiger charge is -2.23. The lowest BCUT2D eigenvalue weighted by Crippen LogP contribution is -2.49. The number of nitrogens with zero attached hydrogens (tertiary/aromatic N) is 1. The van der Waals surface area contributed by atoms with Gasteiger partial charge in [0.05, 0.1) is 14.2 Å². The van der Waals surface area contributed by atoms with Gasteiger partial charge >= 0.3 is 0 Å². The van der Waals surface area contributed by atoms with Crippen LogP contribution in [-0.4, -0.2) is 50.1 Å². The molecule has 1 aliphatic heterocycles. The summed E-state index contributed by atoms with van der Waals surface area (Å²) in [6.07, 6.45) is 2.49. The van der Waals surface area contributed by atoms with Crippen molar-refractivity contribution in [1.29, 1.82) is 0 Å². The van der Waals surface area contributed by atoms with Gasteiger partial charge in [-0.15, -0.1) is 0 Å². The molecule has 1 saturated heterocycles. The van der Waals surface area contributed by atoms with Crippen LogP contribution in [0.3, 0.4) is 0 Å². The molecular weight excluding hydrogens is 418 g/mol. The Bertz CT molecular complexity index is 932. The Kier molecular flexibility index (Phi) is 8.72. The van der Waals surface area contributed by atoms with Crippen LogP contribution in [0, 0.1) is 5.92 Å². The van der Waals surface area contributed by atoms with Gasteiger partial charge in [0.25, 0.3) is 5.91 Å². The Hall–Kier alpha value is -3.06. The minimum atomic E-state index is -0.666. The summed E-state index contributed by atoms with van der Waals surface area (Å²) in [5.41, 5.74) is 2.71. The Morgan fingerprint density at radius 2 is 1.58 bits per heavy atom. The fourth-order valence-electron chi connectivity index (χ4n) is 4.06. The Labute approximate surface area is 196 Å². The number of ether oxygens (including phenoxy) is 2. The molecule has 0 radical (unpaired) electrons. The predicted molar refractivity (Wildman–Crippen MR) is 128 cm³/mol. The van der Waals surface area contributed by atoms with Crippen LogP contribution < -0.4 is 20.1 Å². The second kappa shape index (κ2) is 11.7. The third-order valence-corrected chi connectivity index (χ3v) is 6.01. The van der Waals surface area contributed by atoms with Gasteiger partial charge in [-0.1, -0.05) is 38.1 Å². The van der Waals surface area contributed by atoms with Crippen LogP contribution in [0.2, 0.25) is 0 Å². The highest BCUT2D eigenvalue weighted by atomic mass is 16.5. The van der Waals surface area contributed by atoms with Crippen molar-refractivity contribution in [1.82, 2.24) is 15.5 Å². The van der Waals surface area contributed by atoms with Crippen molar-refractivity contribution >= 4 is 11.8 Å². The van der Waals surface area contributed by atoms with E-state index in [0.717, 1.165) is 25.2 Å². The van der Waals surface area contributed by atoms with E-state index in [0.29, 0.717) is 23.6 Å². The van der Waals surface area contributed by atoms with Crippen molar-refractivity contribution in [3.63, 3.8) is 0 Å². The molecule has 2 N–H and O–H groups in total. The topological polar surface area (TPSA) is 79.9 Å². The minimum Gasteiger partial charge on any atom is -0.497 e. The standard InChI is InChI=1S/C26H35N3O4/c1-18(2)24(28-25(30)21-13-22(32-3)15-23(14-21)33-4)26(31)27-16-19-9-5-6-10-20(19)17-29-11-7-8-12-29/h5-6,9-10,13-15,18,24H,7-8,11-12,16-17H2,1-4H3,(H,27,31)(H,28,30)/t24-/m1/s1. The molecule has 7 nitrogen and oxygen atoms in total. The summed E-state index contributed by atoms with van der Waals surface area (Å²) in [6.45, 7) is 7.40. The summed E-state index contributed by atoms with van der Waals surface area (Å²) in [6, 6.07) is 12.5. The molecule has 1 fully saturated rings. The molecule has 1 atom stereocenters. The molecule has 33 heavy (non-hydrogen) atoms. The summed E-state index contributed by atoms with van der Waals surface area (Å²) >= 11 is 0. The van der Waals surface area contributed by atoms with Crippen LogP contribution in [0.1, 0.15) is 48.2 Å². The first-order valence-electron chi connectivity index (χ1n) is 11.5. The summed E-state index contributed by atoms with van der Waals surface area (Å²) in [4.78, 5) is 28.4. The maximum atomic E-state index is 13.0. The number of methoxy groups -OCH3 is 2. The normalized spacial score (nSPS) is 14.7. The Morgan fingerprint density at radius 3 is 2.15 bits per heavy atom. The van der Waals surface area contributed by atoms with Crippen LogP contribution in [0.15, 0.2) is 42.5 Å². The number of carbonyl (C=O) groups is 2. The molecule has 2 aromatic rings. The molecule has 2 aromatic carbocycles. The van der Waals surface area contributed by atoms with Gasteiger partial charge in [0.2, 0.25) is 5.91 Å². The molecule has 0 aliphatic carbocycles. The van der Waals surface area contributed by atoms with E-state index < -0.39 is 6.04 Å².